The highest BCUT2D eigenvalue weighted by atomic mass is 16.5. The number of aromatic nitrogens is 3. The molecule has 19 heavy (non-hydrogen) atoms. The smallest absolute Gasteiger partial charge is 0.362 e. The van der Waals surface area contributed by atoms with Gasteiger partial charge in [0.05, 0.1) is 13.2 Å². The molecule has 1 aromatic heterocycles. The lowest BCUT2D eigenvalue weighted by molar-refractivity contribution is 0.0520. The maximum absolute atomic E-state index is 11.5. The van der Waals surface area contributed by atoms with E-state index in [4.69, 9.17) is 16.2 Å². The van der Waals surface area contributed by atoms with Gasteiger partial charge in [-0.3, -0.25) is 0 Å². The van der Waals surface area contributed by atoms with Gasteiger partial charge in [-0.05, 0) is 24.6 Å². The van der Waals surface area contributed by atoms with E-state index in [0.29, 0.717) is 12.2 Å². The fourth-order valence-electron chi connectivity index (χ4n) is 1.58. The Morgan fingerprint density at radius 2 is 2.00 bits per heavy atom. The average Bonchev–Trinajstić information content (AvgIpc) is 2.74. The largest absolute Gasteiger partial charge is 0.461 e. The van der Waals surface area contributed by atoms with Crippen LogP contribution in [-0.4, -0.2) is 27.6 Å². The molecule has 2 rings (SSSR count). The molecule has 7 nitrogen and oxygen atoms in total. The number of rotatable bonds is 4. The Hall–Kier alpha value is -2.57. The molecule has 4 N–H and O–H groups in total. The van der Waals surface area contributed by atoms with Crippen LogP contribution in [0.4, 0.5) is 11.5 Å². The Labute approximate surface area is 110 Å². The molecule has 0 saturated heterocycles. The summed E-state index contributed by atoms with van der Waals surface area (Å²) in [6, 6.07) is 7.30. The molecule has 0 aliphatic heterocycles. The first kappa shape index (κ1) is 12.9. The third-order valence-electron chi connectivity index (χ3n) is 2.55. The van der Waals surface area contributed by atoms with Gasteiger partial charge in [-0.1, -0.05) is 17.3 Å². The van der Waals surface area contributed by atoms with E-state index in [9.17, 15) is 4.79 Å². The van der Waals surface area contributed by atoms with E-state index in [2.05, 4.69) is 10.3 Å². The number of anilines is 2. The summed E-state index contributed by atoms with van der Waals surface area (Å²) < 4.78 is 6.28. The van der Waals surface area contributed by atoms with Gasteiger partial charge >= 0.3 is 5.97 Å². The van der Waals surface area contributed by atoms with Crippen molar-refractivity contribution in [2.24, 2.45) is 0 Å². The van der Waals surface area contributed by atoms with E-state index in [-0.39, 0.29) is 18.1 Å². The van der Waals surface area contributed by atoms with Crippen LogP contribution >= 0.6 is 0 Å². The molecule has 0 fully saturated rings. The number of benzene rings is 1. The van der Waals surface area contributed by atoms with Crippen molar-refractivity contribution in [3.05, 3.63) is 35.5 Å². The molecule has 2 aromatic rings. The lowest BCUT2D eigenvalue weighted by atomic mass is 10.2. The molecule has 1 aromatic carbocycles. The third-order valence-corrected chi connectivity index (χ3v) is 2.55. The third kappa shape index (κ3) is 2.82. The summed E-state index contributed by atoms with van der Waals surface area (Å²) in [6.45, 7) is 2.40. The summed E-state index contributed by atoms with van der Waals surface area (Å²) in [5.41, 5.74) is 13.1. The van der Waals surface area contributed by atoms with Crippen LogP contribution in [-0.2, 0) is 11.3 Å². The Bertz CT molecular complexity index is 576. The quantitative estimate of drug-likeness (QED) is 0.618. The number of nitrogens with zero attached hydrogens (tertiary/aromatic N) is 3. The van der Waals surface area contributed by atoms with Crippen LogP contribution in [0.15, 0.2) is 24.3 Å². The summed E-state index contributed by atoms with van der Waals surface area (Å²) >= 11 is 0. The van der Waals surface area contributed by atoms with Gasteiger partial charge in [0.2, 0.25) is 5.69 Å². The minimum Gasteiger partial charge on any atom is -0.461 e. The summed E-state index contributed by atoms with van der Waals surface area (Å²) in [5, 5.41) is 7.58. The second kappa shape index (κ2) is 5.38. The molecule has 100 valence electrons. The first-order valence-corrected chi connectivity index (χ1v) is 5.82. The molecule has 1 heterocycles. The minimum atomic E-state index is -0.566. The maximum atomic E-state index is 11.5. The molecule has 0 atom stereocenters. The molecular formula is C12H15N5O2. The van der Waals surface area contributed by atoms with Crippen LogP contribution in [0.1, 0.15) is 23.0 Å². The minimum absolute atomic E-state index is 0.0392. The Kier molecular flexibility index (Phi) is 3.65. The number of hydrogen-bond donors (Lipinski definition) is 2. The molecule has 7 heteroatoms. The van der Waals surface area contributed by atoms with Crippen molar-refractivity contribution < 1.29 is 9.53 Å². The van der Waals surface area contributed by atoms with Gasteiger partial charge in [0, 0.05) is 5.69 Å². The van der Waals surface area contributed by atoms with Crippen molar-refractivity contribution in [1.82, 2.24) is 15.0 Å². The zero-order valence-corrected chi connectivity index (χ0v) is 10.5. The number of esters is 1. The zero-order chi connectivity index (χ0) is 13.8. The number of ether oxygens (including phenoxy) is 1. The van der Waals surface area contributed by atoms with Crippen LogP contribution in [0.5, 0.6) is 0 Å². The number of hydrogen-bond acceptors (Lipinski definition) is 6. The maximum Gasteiger partial charge on any atom is 0.362 e. The van der Waals surface area contributed by atoms with Crippen LogP contribution < -0.4 is 11.5 Å². The lowest BCUT2D eigenvalue weighted by Gasteiger charge is -2.04. The second-order valence-corrected chi connectivity index (χ2v) is 3.94. The normalized spacial score (nSPS) is 10.4. The van der Waals surface area contributed by atoms with Gasteiger partial charge in [-0.15, -0.1) is 5.10 Å². The van der Waals surface area contributed by atoms with Crippen LogP contribution in [0.2, 0.25) is 0 Å². The summed E-state index contributed by atoms with van der Waals surface area (Å²) in [6.07, 6.45) is 0. The first-order chi connectivity index (χ1) is 9.11. The van der Waals surface area contributed by atoms with E-state index in [1.165, 1.54) is 4.68 Å². The predicted molar refractivity (Wildman–Crippen MR) is 70.3 cm³/mol. The molecule has 0 radical (unpaired) electrons. The van der Waals surface area contributed by atoms with E-state index in [1.807, 2.05) is 12.1 Å². The van der Waals surface area contributed by atoms with E-state index >= 15 is 0 Å². The molecule has 0 saturated carbocycles. The van der Waals surface area contributed by atoms with E-state index < -0.39 is 5.97 Å². The molecule has 0 unspecified atom stereocenters. The van der Waals surface area contributed by atoms with Gasteiger partial charge in [0.15, 0.2) is 5.82 Å². The fraction of sp³-hybridized carbons (Fsp3) is 0.250. The summed E-state index contributed by atoms with van der Waals surface area (Å²) in [7, 11) is 0. The highest BCUT2D eigenvalue weighted by Gasteiger charge is 2.18. The monoisotopic (exact) mass is 261 g/mol. The van der Waals surface area contributed by atoms with Crippen molar-refractivity contribution in [2.75, 3.05) is 18.1 Å². The molecule has 0 aliphatic carbocycles. The first-order valence-electron chi connectivity index (χ1n) is 5.82. The number of nitrogens with two attached hydrogens (primary N) is 2. The molecule has 0 aliphatic rings. The number of carbonyl (C=O) groups is 1. The Morgan fingerprint density at radius 1 is 1.32 bits per heavy atom. The van der Waals surface area contributed by atoms with Crippen molar-refractivity contribution in [3.63, 3.8) is 0 Å². The average molecular weight is 261 g/mol. The highest BCUT2D eigenvalue weighted by Crippen LogP contribution is 2.13. The van der Waals surface area contributed by atoms with Gasteiger partial charge < -0.3 is 16.2 Å². The summed E-state index contributed by atoms with van der Waals surface area (Å²) in [4.78, 5) is 11.5. The standard InChI is InChI=1S/C12H15N5O2/c1-2-19-12(18)10-11(14)17(16-15-10)7-8-3-5-9(13)6-4-8/h3-6H,2,7,13-14H2,1H3. The fourth-order valence-corrected chi connectivity index (χ4v) is 1.58. The van der Waals surface area contributed by atoms with Crippen LogP contribution in [0.25, 0.3) is 0 Å². The Morgan fingerprint density at radius 3 is 2.63 bits per heavy atom. The van der Waals surface area contributed by atoms with Gasteiger partial charge in [-0.25, -0.2) is 9.48 Å². The van der Waals surface area contributed by atoms with Gasteiger partial charge in [-0.2, -0.15) is 0 Å². The van der Waals surface area contributed by atoms with Gasteiger partial charge in [0.25, 0.3) is 0 Å². The van der Waals surface area contributed by atoms with Crippen LogP contribution in [0.3, 0.4) is 0 Å². The Balaban J connectivity index is 2.18. The van der Waals surface area contributed by atoms with Gasteiger partial charge in [0.1, 0.15) is 0 Å². The highest BCUT2D eigenvalue weighted by molar-refractivity contribution is 5.91. The van der Waals surface area contributed by atoms with Crippen molar-refractivity contribution >= 4 is 17.5 Å². The van der Waals surface area contributed by atoms with E-state index in [1.54, 1.807) is 19.1 Å². The molecule has 0 amide bonds. The lowest BCUT2D eigenvalue weighted by Crippen LogP contribution is -2.10. The number of nitrogen functional groups attached to an aromatic ring is 2. The topological polar surface area (TPSA) is 109 Å². The van der Waals surface area contributed by atoms with Crippen LogP contribution in [0, 0.1) is 0 Å². The summed E-state index contributed by atoms with van der Waals surface area (Å²) in [5.74, 6) is -0.376. The van der Waals surface area contributed by atoms with Crippen molar-refractivity contribution in [1.29, 1.82) is 0 Å². The van der Waals surface area contributed by atoms with Crippen molar-refractivity contribution in [3.8, 4) is 0 Å². The number of carbonyl (C=O) groups excluding carboxylic acids is 1. The van der Waals surface area contributed by atoms with E-state index in [0.717, 1.165) is 5.56 Å². The molecule has 0 spiro atoms. The predicted octanol–water partition coefficient (Wildman–Crippen LogP) is 0.667. The second-order valence-electron chi connectivity index (χ2n) is 3.94. The zero-order valence-electron chi connectivity index (χ0n) is 10.5. The molecule has 0 bridgehead atoms. The SMILES string of the molecule is CCOC(=O)c1nnn(Cc2ccc(N)cc2)c1N. The molecular weight excluding hydrogens is 246 g/mol. The van der Waals surface area contributed by atoms with Crippen molar-refractivity contribution in [2.45, 2.75) is 13.5 Å².